The molecule has 0 saturated carbocycles. The van der Waals surface area contributed by atoms with E-state index < -0.39 is 0 Å². The van der Waals surface area contributed by atoms with Gasteiger partial charge in [0.25, 0.3) is 5.91 Å². The zero-order chi connectivity index (χ0) is 18.7. The molecular formula is C19H16ClN3O2S. The molecule has 3 rings (SSSR count). The molecule has 0 unspecified atom stereocenters. The van der Waals surface area contributed by atoms with Crippen molar-refractivity contribution in [2.75, 3.05) is 10.6 Å². The van der Waals surface area contributed by atoms with Crippen LogP contribution in [0, 0.1) is 6.92 Å². The predicted molar refractivity (Wildman–Crippen MR) is 106 cm³/mol. The number of amides is 2. The number of rotatable bonds is 4. The molecule has 0 radical (unpaired) electrons. The maximum absolute atomic E-state index is 12.5. The first-order valence-corrected chi connectivity index (χ1v) is 9.04. The quantitative estimate of drug-likeness (QED) is 0.665. The first kappa shape index (κ1) is 18.1. The topological polar surface area (TPSA) is 71.1 Å². The highest BCUT2D eigenvalue weighted by Crippen LogP contribution is 2.29. The van der Waals surface area contributed by atoms with Crippen molar-refractivity contribution in [3.8, 4) is 10.6 Å². The summed E-state index contributed by atoms with van der Waals surface area (Å²) in [4.78, 5) is 29.0. The van der Waals surface area contributed by atoms with E-state index in [2.05, 4.69) is 15.6 Å². The summed E-state index contributed by atoms with van der Waals surface area (Å²) in [6, 6.07) is 14.3. The Morgan fingerprint density at radius 1 is 1.04 bits per heavy atom. The lowest BCUT2D eigenvalue weighted by Crippen LogP contribution is -2.13. The van der Waals surface area contributed by atoms with Crippen molar-refractivity contribution in [3.05, 3.63) is 64.1 Å². The van der Waals surface area contributed by atoms with Gasteiger partial charge in [0.15, 0.2) is 0 Å². The Labute approximate surface area is 160 Å². The van der Waals surface area contributed by atoms with Crippen LogP contribution in [-0.4, -0.2) is 16.8 Å². The number of aromatic nitrogens is 1. The molecule has 2 amide bonds. The van der Waals surface area contributed by atoms with Crippen LogP contribution < -0.4 is 10.6 Å². The maximum atomic E-state index is 12.5. The van der Waals surface area contributed by atoms with Gasteiger partial charge >= 0.3 is 0 Å². The van der Waals surface area contributed by atoms with Crippen LogP contribution in [0.3, 0.4) is 0 Å². The van der Waals surface area contributed by atoms with Crippen LogP contribution in [0.4, 0.5) is 11.4 Å². The molecule has 2 N–H and O–H groups in total. The molecule has 0 atom stereocenters. The average molecular weight is 386 g/mol. The summed E-state index contributed by atoms with van der Waals surface area (Å²) in [6.07, 6.45) is 0. The minimum absolute atomic E-state index is 0.138. The van der Waals surface area contributed by atoms with E-state index >= 15 is 0 Å². The molecule has 7 heteroatoms. The molecule has 26 heavy (non-hydrogen) atoms. The highest BCUT2D eigenvalue weighted by atomic mass is 35.5. The molecule has 0 fully saturated rings. The van der Waals surface area contributed by atoms with Crippen LogP contribution in [0.5, 0.6) is 0 Å². The van der Waals surface area contributed by atoms with Gasteiger partial charge in [-0.15, -0.1) is 11.3 Å². The molecule has 0 bridgehead atoms. The third-order valence-corrected chi connectivity index (χ3v) is 4.82. The van der Waals surface area contributed by atoms with Crippen LogP contribution >= 0.6 is 22.9 Å². The molecule has 2 aromatic carbocycles. The number of nitrogens with one attached hydrogen (secondary N) is 2. The fraction of sp³-hybridized carbons (Fsp3) is 0.105. The summed E-state index contributed by atoms with van der Waals surface area (Å²) in [5.41, 5.74) is 2.57. The molecule has 1 heterocycles. The van der Waals surface area contributed by atoms with Crippen molar-refractivity contribution in [3.63, 3.8) is 0 Å². The van der Waals surface area contributed by atoms with E-state index in [4.69, 9.17) is 11.6 Å². The number of carbonyl (C=O) groups is 2. The number of hydrogen-bond acceptors (Lipinski definition) is 4. The van der Waals surface area contributed by atoms with Gasteiger partial charge in [-0.05, 0) is 43.3 Å². The Morgan fingerprint density at radius 3 is 2.46 bits per heavy atom. The second kappa shape index (κ2) is 7.68. The lowest BCUT2D eigenvalue weighted by atomic mass is 10.2. The van der Waals surface area contributed by atoms with Crippen LogP contribution in [-0.2, 0) is 4.79 Å². The van der Waals surface area contributed by atoms with Crippen LogP contribution in [0.15, 0.2) is 48.5 Å². The Hall–Kier alpha value is -2.70. The van der Waals surface area contributed by atoms with Gasteiger partial charge in [-0.2, -0.15) is 0 Å². The van der Waals surface area contributed by atoms with Crippen molar-refractivity contribution in [2.24, 2.45) is 0 Å². The van der Waals surface area contributed by atoms with Gasteiger partial charge < -0.3 is 10.6 Å². The van der Waals surface area contributed by atoms with E-state index in [9.17, 15) is 9.59 Å². The van der Waals surface area contributed by atoms with Gasteiger partial charge in [0.2, 0.25) is 5.91 Å². The maximum Gasteiger partial charge on any atom is 0.275 e. The zero-order valence-corrected chi connectivity index (χ0v) is 15.7. The Balaban J connectivity index is 1.83. The van der Waals surface area contributed by atoms with Gasteiger partial charge in [0, 0.05) is 33.8 Å². The number of nitrogens with zero attached hydrogens (tertiary/aromatic N) is 1. The third kappa shape index (κ3) is 4.28. The largest absolute Gasteiger partial charge is 0.326 e. The molecule has 132 valence electrons. The Kier molecular flexibility index (Phi) is 5.35. The molecule has 0 spiro atoms. The average Bonchev–Trinajstić information content (AvgIpc) is 2.99. The number of carbonyl (C=O) groups excluding carboxylic acids is 2. The number of anilines is 2. The van der Waals surface area contributed by atoms with Crippen molar-refractivity contribution in [1.82, 2.24) is 4.98 Å². The SMILES string of the molecule is CC(=O)Nc1cccc(-c2nc(C(=O)Nc3ccc(Cl)cc3)c(C)s2)c1. The molecule has 1 aromatic heterocycles. The van der Waals surface area contributed by atoms with Gasteiger partial charge in [-0.1, -0.05) is 23.7 Å². The molecule has 0 aliphatic carbocycles. The molecule has 0 saturated heterocycles. The summed E-state index contributed by atoms with van der Waals surface area (Å²) < 4.78 is 0. The molecule has 0 aliphatic heterocycles. The van der Waals surface area contributed by atoms with Crippen molar-refractivity contribution in [2.45, 2.75) is 13.8 Å². The van der Waals surface area contributed by atoms with Gasteiger partial charge in [-0.25, -0.2) is 4.98 Å². The van der Waals surface area contributed by atoms with E-state index in [1.807, 2.05) is 25.1 Å². The molecular weight excluding hydrogens is 370 g/mol. The fourth-order valence-electron chi connectivity index (χ4n) is 2.39. The van der Waals surface area contributed by atoms with E-state index in [1.54, 1.807) is 30.3 Å². The van der Waals surface area contributed by atoms with E-state index in [0.29, 0.717) is 22.1 Å². The summed E-state index contributed by atoms with van der Waals surface area (Å²) in [6.45, 7) is 3.31. The summed E-state index contributed by atoms with van der Waals surface area (Å²) in [7, 11) is 0. The number of aryl methyl sites for hydroxylation is 1. The normalized spacial score (nSPS) is 10.4. The molecule has 3 aromatic rings. The highest BCUT2D eigenvalue weighted by Gasteiger charge is 2.17. The standard InChI is InChI=1S/C19H16ClN3O2S/c1-11-17(18(25)22-15-8-6-14(20)7-9-15)23-19(26-11)13-4-3-5-16(10-13)21-12(2)24/h3-10H,1-2H3,(H,21,24)(H,22,25). The second-order valence-corrected chi connectivity index (χ2v) is 7.29. The van der Waals surface area contributed by atoms with Crippen LogP contribution in [0.25, 0.3) is 10.6 Å². The minimum Gasteiger partial charge on any atom is -0.326 e. The van der Waals surface area contributed by atoms with Crippen LogP contribution in [0.2, 0.25) is 5.02 Å². The summed E-state index contributed by atoms with van der Waals surface area (Å²) >= 11 is 7.29. The number of hydrogen-bond donors (Lipinski definition) is 2. The molecule has 0 aliphatic rings. The molecule has 5 nitrogen and oxygen atoms in total. The lowest BCUT2D eigenvalue weighted by molar-refractivity contribution is -0.114. The Bertz CT molecular complexity index is 967. The first-order valence-electron chi connectivity index (χ1n) is 7.85. The number of halogens is 1. The summed E-state index contributed by atoms with van der Waals surface area (Å²) in [5.74, 6) is -0.411. The van der Waals surface area contributed by atoms with Gasteiger partial charge in [0.1, 0.15) is 10.7 Å². The van der Waals surface area contributed by atoms with E-state index in [-0.39, 0.29) is 11.8 Å². The smallest absolute Gasteiger partial charge is 0.275 e. The first-order chi connectivity index (χ1) is 12.4. The van der Waals surface area contributed by atoms with Gasteiger partial charge in [0.05, 0.1) is 0 Å². The van der Waals surface area contributed by atoms with Gasteiger partial charge in [-0.3, -0.25) is 9.59 Å². The predicted octanol–water partition coefficient (Wildman–Crippen LogP) is 4.98. The number of thiazole rings is 1. The minimum atomic E-state index is -0.273. The monoisotopic (exact) mass is 385 g/mol. The Morgan fingerprint density at radius 2 is 1.77 bits per heavy atom. The van der Waals surface area contributed by atoms with E-state index in [0.717, 1.165) is 15.4 Å². The summed E-state index contributed by atoms with van der Waals surface area (Å²) in [5, 5.41) is 6.89. The fourth-order valence-corrected chi connectivity index (χ4v) is 3.42. The third-order valence-electron chi connectivity index (χ3n) is 3.54. The lowest BCUT2D eigenvalue weighted by Gasteiger charge is -2.04. The zero-order valence-electron chi connectivity index (χ0n) is 14.2. The van der Waals surface area contributed by atoms with Crippen LogP contribution in [0.1, 0.15) is 22.3 Å². The highest BCUT2D eigenvalue weighted by molar-refractivity contribution is 7.15. The van der Waals surface area contributed by atoms with E-state index in [1.165, 1.54) is 18.3 Å². The van der Waals surface area contributed by atoms with Crippen molar-refractivity contribution in [1.29, 1.82) is 0 Å². The number of benzene rings is 2. The van der Waals surface area contributed by atoms with Crippen molar-refractivity contribution >= 4 is 46.1 Å². The second-order valence-electron chi connectivity index (χ2n) is 5.65. The van der Waals surface area contributed by atoms with Crippen molar-refractivity contribution < 1.29 is 9.59 Å².